The number of aryl methyl sites for hydroxylation is 1. The van der Waals surface area contributed by atoms with Crippen molar-refractivity contribution < 1.29 is 14.3 Å². The smallest absolute Gasteiger partial charge is 0.328 e. The van der Waals surface area contributed by atoms with E-state index in [9.17, 15) is 9.59 Å². The number of imidazole rings is 1. The quantitative estimate of drug-likeness (QED) is 0.794. The van der Waals surface area contributed by atoms with E-state index in [0.717, 1.165) is 50.2 Å². The lowest BCUT2D eigenvalue weighted by atomic mass is 10.1. The van der Waals surface area contributed by atoms with Gasteiger partial charge in [0.1, 0.15) is 17.6 Å². The number of nitrogens with zero attached hydrogens (tertiary/aromatic N) is 3. The Balaban J connectivity index is 1.93. The minimum Gasteiger partial charge on any atom is -0.467 e. The largest absolute Gasteiger partial charge is 0.467 e. The molecule has 2 aliphatic rings. The summed E-state index contributed by atoms with van der Waals surface area (Å²) in [5.41, 5.74) is 1.55. The third-order valence-electron chi connectivity index (χ3n) is 4.65. The van der Waals surface area contributed by atoms with Gasteiger partial charge in [-0.1, -0.05) is 0 Å². The SMILES string of the molecule is COC(=O)C(C)N(C(=O)c1nc(C)n2c1CCCC2)C1CC1. The van der Waals surface area contributed by atoms with Crippen LogP contribution in [0.3, 0.4) is 0 Å². The van der Waals surface area contributed by atoms with Crippen LogP contribution >= 0.6 is 0 Å². The molecule has 6 nitrogen and oxygen atoms in total. The minimum atomic E-state index is -0.564. The Hall–Kier alpha value is -1.85. The maximum atomic E-state index is 13.0. The summed E-state index contributed by atoms with van der Waals surface area (Å²) in [5.74, 6) is 0.392. The van der Waals surface area contributed by atoms with Gasteiger partial charge >= 0.3 is 5.97 Å². The zero-order valence-corrected chi connectivity index (χ0v) is 13.5. The normalized spacial score (nSPS) is 18.5. The second-order valence-electron chi connectivity index (χ2n) is 6.21. The third kappa shape index (κ3) is 2.51. The highest BCUT2D eigenvalue weighted by molar-refractivity contribution is 5.96. The van der Waals surface area contributed by atoms with Crippen LogP contribution < -0.4 is 0 Å². The zero-order valence-electron chi connectivity index (χ0n) is 13.5. The van der Waals surface area contributed by atoms with Crippen molar-refractivity contribution in [2.24, 2.45) is 0 Å². The molecule has 1 aromatic rings. The number of hydrogen-bond donors (Lipinski definition) is 0. The van der Waals surface area contributed by atoms with Crippen LogP contribution in [0.2, 0.25) is 0 Å². The molecule has 1 fully saturated rings. The molecule has 1 unspecified atom stereocenters. The average Bonchev–Trinajstić information content (AvgIpc) is 3.30. The lowest BCUT2D eigenvalue weighted by Gasteiger charge is -2.27. The molecule has 0 N–H and O–H groups in total. The van der Waals surface area contributed by atoms with Crippen molar-refractivity contribution in [2.45, 2.75) is 64.6 Å². The number of hydrogen-bond acceptors (Lipinski definition) is 4. The van der Waals surface area contributed by atoms with Crippen molar-refractivity contribution in [3.8, 4) is 0 Å². The van der Waals surface area contributed by atoms with Crippen molar-refractivity contribution in [1.29, 1.82) is 0 Å². The van der Waals surface area contributed by atoms with Gasteiger partial charge in [-0.2, -0.15) is 0 Å². The highest BCUT2D eigenvalue weighted by Gasteiger charge is 2.41. The van der Waals surface area contributed by atoms with Crippen molar-refractivity contribution in [2.75, 3.05) is 7.11 Å². The van der Waals surface area contributed by atoms with Gasteiger partial charge in [0, 0.05) is 12.6 Å². The Morgan fingerprint density at radius 1 is 1.36 bits per heavy atom. The van der Waals surface area contributed by atoms with Gasteiger partial charge in [0.25, 0.3) is 5.91 Å². The van der Waals surface area contributed by atoms with Crippen molar-refractivity contribution >= 4 is 11.9 Å². The second kappa shape index (κ2) is 5.74. The van der Waals surface area contributed by atoms with Gasteiger partial charge < -0.3 is 14.2 Å². The number of carbonyl (C=O) groups excluding carboxylic acids is 2. The molecule has 1 aromatic heterocycles. The molecule has 2 heterocycles. The zero-order chi connectivity index (χ0) is 15.9. The molecule has 1 aliphatic heterocycles. The molecular weight excluding hydrogens is 282 g/mol. The van der Waals surface area contributed by atoms with E-state index in [0.29, 0.717) is 5.69 Å². The lowest BCUT2D eigenvalue weighted by Crippen LogP contribution is -2.45. The first-order valence-electron chi connectivity index (χ1n) is 8.01. The topological polar surface area (TPSA) is 64.4 Å². The van der Waals surface area contributed by atoms with E-state index in [1.54, 1.807) is 11.8 Å². The standard InChI is InChI=1S/C16H23N3O3/c1-10(16(21)22-3)19(12-7-8-12)15(20)14-13-6-4-5-9-18(13)11(2)17-14/h10,12H,4-9H2,1-3H3. The average molecular weight is 305 g/mol. The number of fused-ring (bicyclic) bond motifs is 1. The van der Waals surface area contributed by atoms with Crippen molar-refractivity contribution in [3.63, 3.8) is 0 Å². The monoisotopic (exact) mass is 305 g/mol. The predicted molar refractivity (Wildman–Crippen MR) is 80.6 cm³/mol. The van der Waals surface area contributed by atoms with Crippen LogP contribution in [0.25, 0.3) is 0 Å². The highest BCUT2D eigenvalue weighted by Crippen LogP contribution is 2.32. The van der Waals surface area contributed by atoms with Crippen LogP contribution in [0.5, 0.6) is 0 Å². The fourth-order valence-corrected chi connectivity index (χ4v) is 3.31. The predicted octanol–water partition coefficient (Wildman–Crippen LogP) is 1.69. The first-order valence-corrected chi connectivity index (χ1v) is 8.01. The molecule has 1 atom stereocenters. The Labute approximate surface area is 130 Å². The lowest BCUT2D eigenvalue weighted by molar-refractivity contribution is -0.145. The number of rotatable bonds is 4. The van der Waals surface area contributed by atoms with Crippen LogP contribution in [0.1, 0.15) is 54.6 Å². The van der Waals surface area contributed by atoms with E-state index in [1.807, 2.05) is 6.92 Å². The fraction of sp³-hybridized carbons (Fsp3) is 0.688. The summed E-state index contributed by atoms with van der Waals surface area (Å²) in [4.78, 5) is 31.1. The van der Waals surface area contributed by atoms with Crippen molar-refractivity contribution in [3.05, 3.63) is 17.2 Å². The highest BCUT2D eigenvalue weighted by atomic mass is 16.5. The number of carbonyl (C=O) groups is 2. The summed E-state index contributed by atoms with van der Waals surface area (Å²) in [5, 5.41) is 0. The molecule has 120 valence electrons. The number of methoxy groups -OCH3 is 1. The maximum Gasteiger partial charge on any atom is 0.328 e. The Morgan fingerprint density at radius 2 is 2.09 bits per heavy atom. The van der Waals surface area contributed by atoms with Gasteiger partial charge in [0.05, 0.1) is 12.8 Å². The Kier molecular flexibility index (Phi) is 3.93. The van der Waals surface area contributed by atoms with Gasteiger partial charge in [-0.15, -0.1) is 0 Å². The van der Waals surface area contributed by atoms with Gasteiger partial charge in [-0.05, 0) is 46.0 Å². The summed E-state index contributed by atoms with van der Waals surface area (Å²) < 4.78 is 6.96. The van der Waals surface area contributed by atoms with E-state index in [1.165, 1.54) is 7.11 Å². The first-order chi connectivity index (χ1) is 10.5. The molecule has 6 heteroatoms. The molecule has 0 radical (unpaired) electrons. The van der Waals surface area contributed by atoms with Crippen LogP contribution in [0, 0.1) is 6.92 Å². The molecule has 1 aliphatic carbocycles. The number of ether oxygens (including phenoxy) is 1. The van der Waals surface area contributed by atoms with Crippen LogP contribution in [-0.2, 0) is 22.5 Å². The molecule has 3 rings (SSSR count). The molecule has 1 amide bonds. The summed E-state index contributed by atoms with van der Waals surface area (Å²) in [6.45, 7) is 4.60. The minimum absolute atomic E-state index is 0.126. The number of aromatic nitrogens is 2. The van der Waals surface area contributed by atoms with Gasteiger partial charge in [0.15, 0.2) is 0 Å². The van der Waals surface area contributed by atoms with Gasteiger partial charge in [0.2, 0.25) is 0 Å². The van der Waals surface area contributed by atoms with Crippen LogP contribution in [0.4, 0.5) is 0 Å². The summed E-state index contributed by atoms with van der Waals surface area (Å²) in [6.07, 6.45) is 4.99. The van der Waals surface area contributed by atoms with E-state index in [2.05, 4.69) is 9.55 Å². The summed E-state index contributed by atoms with van der Waals surface area (Å²) in [6, 6.07) is -0.422. The van der Waals surface area contributed by atoms with Crippen molar-refractivity contribution in [1.82, 2.24) is 14.5 Å². The molecule has 0 bridgehead atoms. The second-order valence-corrected chi connectivity index (χ2v) is 6.21. The Morgan fingerprint density at radius 3 is 2.73 bits per heavy atom. The number of amides is 1. The van der Waals surface area contributed by atoms with Crippen LogP contribution in [-0.4, -0.2) is 45.5 Å². The molecule has 0 spiro atoms. The van der Waals surface area contributed by atoms with Crippen LogP contribution in [0.15, 0.2) is 0 Å². The summed E-state index contributed by atoms with van der Waals surface area (Å²) >= 11 is 0. The molecule has 0 aromatic carbocycles. The maximum absolute atomic E-state index is 13.0. The molecular formula is C16H23N3O3. The molecule has 0 saturated heterocycles. The van der Waals surface area contributed by atoms with E-state index < -0.39 is 6.04 Å². The summed E-state index contributed by atoms with van der Waals surface area (Å²) in [7, 11) is 1.36. The van der Waals surface area contributed by atoms with E-state index in [4.69, 9.17) is 4.74 Å². The number of esters is 1. The Bertz CT molecular complexity index is 604. The molecule has 22 heavy (non-hydrogen) atoms. The van der Waals surface area contributed by atoms with Gasteiger partial charge in [-0.25, -0.2) is 9.78 Å². The fourth-order valence-electron chi connectivity index (χ4n) is 3.31. The third-order valence-corrected chi connectivity index (χ3v) is 4.65. The molecule has 1 saturated carbocycles. The van der Waals surface area contributed by atoms with E-state index in [-0.39, 0.29) is 17.9 Å². The first kappa shape index (κ1) is 15.1. The van der Waals surface area contributed by atoms with E-state index >= 15 is 0 Å². The van der Waals surface area contributed by atoms with Gasteiger partial charge in [-0.3, -0.25) is 4.79 Å².